The summed E-state index contributed by atoms with van der Waals surface area (Å²) < 4.78 is 0. The first-order valence-corrected chi connectivity index (χ1v) is 3.75. The lowest BCUT2D eigenvalue weighted by Crippen LogP contribution is -2.08. The summed E-state index contributed by atoms with van der Waals surface area (Å²) in [7, 11) is 0. The van der Waals surface area contributed by atoms with Crippen LogP contribution in [0.5, 0.6) is 0 Å². The van der Waals surface area contributed by atoms with Gasteiger partial charge in [0.15, 0.2) is 0 Å². The molecular weight excluding hydrogens is 168 g/mol. The topological polar surface area (TPSA) is 24.4 Å². The predicted molar refractivity (Wildman–Crippen MR) is 55.9 cm³/mol. The van der Waals surface area contributed by atoms with Gasteiger partial charge in [-0.15, -0.1) is 0 Å². The molecule has 0 radical (unpaired) electrons. The first-order chi connectivity index (χ1) is 5.47. The molecule has 0 atom stereocenters. The molecule has 0 unspecified atom stereocenters. The molecule has 0 fully saturated rings. The standard InChI is InChI=1S/C9H10N2.H2S/c1-2-4-9-6-11-7-10-5-8(9)3-1;/h1-4,7H,5-6H2,(H,10,11);1H2. The Bertz CT molecular complexity index is 284. The molecule has 1 aliphatic rings. The molecule has 64 valence electrons. The van der Waals surface area contributed by atoms with E-state index >= 15 is 0 Å². The Kier molecular flexibility index (Phi) is 3.17. The fourth-order valence-electron chi connectivity index (χ4n) is 1.25. The lowest BCUT2D eigenvalue weighted by molar-refractivity contribution is 0.935. The van der Waals surface area contributed by atoms with Gasteiger partial charge in [0.25, 0.3) is 0 Å². The quantitative estimate of drug-likeness (QED) is 0.641. The van der Waals surface area contributed by atoms with Gasteiger partial charge in [-0.05, 0) is 11.1 Å². The van der Waals surface area contributed by atoms with Crippen molar-refractivity contribution in [1.82, 2.24) is 5.32 Å². The summed E-state index contributed by atoms with van der Waals surface area (Å²) in [6.45, 7) is 1.71. The van der Waals surface area contributed by atoms with E-state index in [9.17, 15) is 0 Å². The van der Waals surface area contributed by atoms with Crippen LogP contribution in [-0.4, -0.2) is 6.34 Å². The van der Waals surface area contributed by atoms with E-state index in [1.54, 1.807) is 6.34 Å². The van der Waals surface area contributed by atoms with E-state index in [1.807, 2.05) is 0 Å². The summed E-state index contributed by atoms with van der Waals surface area (Å²) in [5.41, 5.74) is 2.68. The zero-order chi connectivity index (χ0) is 7.52. The van der Waals surface area contributed by atoms with Gasteiger partial charge in [0.1, 0.15) is 0 Å². The van der Waals surface area contributed by atoms with Crippen LogP contribution in [0.4, 0.5) is 0 Å². The molecule has 3 heteroatoms. The fourth-order valence-corrected chi connectivity index (χ4v) is 1.25. The molecule has 12 heavy (non-hydrogen) atoms. The van der Waals surface area contributed by atoms with Crippen molar-refractivity contribution in [1.29, 1.82) is 0 Å². The van der Waals surface area contributed by atoms with E-state index in [2.05, 4.69) is 34.6 Å². The first kappa shape index (κ1) is 9.13. The molecule has 1 heterocycles. The zero-order valence-electron chi connectivity index (χ0n) is 6.75. The summed E-state index contributed by atoms with van der Waals surface area (Å²) in [6.07, 6.45) is 1.78. The van der Waals surface area contributed by atoms with E-state index in [0.717, 1.165) is 13.1 Å². The largest absolute Gasteiger partial charge is 0.372 e. The molecule has 0 spiro atoms. The Labute approximate surface area is 79.2 Å². The maximum Gasteiger partial charge on any atom is 0.0830 e. The summed E-state index contributed by atoms with van der Waals surface area (Å²) in [6, 6.07) is 8.38. The van der Waals surface area contributed by atoms with Crippen LogP contribution in [0, 0.1) is 0 Å². The van der Waals surface area contributed by atoms with Crippen molar-refractivity contribution in [3.8, 4) is 0 Å². The van der Waals surface area contributed by atoms with Crippen LogP contribution in [0.2, 0.25) is 0 Å². The number of aliphatic imine (C=N–C) groups is 1. The van der Waals surface area contributed by atoms with Crippen molar-refractivity contribution in [3.63, 3.8) is 0 Å². The number of fused-ring (bicyclic) bond motifs is 1. The lowest BCUT2D eigenvalue weighted by atomic mass is 10.1. The van der Waals surface area contributed by atoms with Crippen LogP contribution < -0.4 is 5.32 Å². The van der Waals surface area contributed by atoms with E-state index < -0.39 is 0 Å². The zero-order valence-corrected chi connectivity index (χ0v) is 7.75. The Morgan fingerprint density at radius 3 is 2.75 bits per heavy atom. The predicted octanol–water partition coefficient (Wildman–Crippen LogP) is 1.43. The molecule has 0 amide bonds. The Balaban J connectivity index is 0.000000720. The number of hydrogen-bond donors (Lipinski definition) is 1. The van der Waals surface area contributed by atoms with E-state index in [4.69, 9.17) is 0 Å². The number of nitrogens with zero attached hydrogens (tertiary/aromatic N) is 1. The molecule has 1 aliphatic heterocycles. The number of benzene rings is 1. The molecule has 0 saturated carbocycles. The second kappa shape index (κ2) is 4.16. The Morgan fingerprint density at radius 2 is 1.92 bits per heavy atom. The van der Waals surface area contributed by atoms with Gasteiger partial charge >= 0.3 is 0 Å². The summed E-state index contributed by atoms with van der Waals surface area (Å²) >= 11 is 0. The molecule has 0 bridgehead atoms. The second-order valence-corrected chi connectivity index (χ2v) is 2.62. The number of nitrogens with one attached hydrogen (secondary N) is 1. The van der Waals surface area contributed by atoms with Crippen molar-refractivity contribution >= 4 is 19.8 Å². The van der Waals surface area contributed by atoms with Crippen molar-refractivity contribution in [2.45, 2.75) is 13.1 Å². The monoisotopic (exact) mass is 180 g/mol. The van der Waals surface area contributed by atoms with E-state index in [1.165, 1.54) is 11.1 Å². The molecule has 2 nitrogen and oxygen atoms in total. The third-order valence-electron chi connectivity index (χ3n) is 1.86. The highest BCUT2D eigenvalue weighted by molar-refractivity contribution is 7.59. The van der Waals surface area contributed by atoms with Crippen molar-refractivity contribution in [3.05, 3.63) is 35.4 Å². The summed E-state index contributed by atoms with van der Waals surface area (Å²) in [5, 5.41) is 3.11. The molecule has 1 aromatic carbocycles. The van der Waals surface area contributed by atoms with Gasteiger partial charge in [-0.3, -0.25) is 4.99 Å². The molecule has 1 aromatic rings. The molecule has 0 aromatic heterocycles. The van der Waals surface area contributed by atoms with Gasteiger partial charge in [0, 0.05) is 6.54 Å². The van der Waals surface area contributed by atoms with Gasteiger partial charge in [-0.1, -0.05) is 24.3 Å². The minimum atomic E-state index is 0. The SMILES string of the molecule is C1=NCc2ccccc2CN1.S. The van der Waals surface area contributed by atoms with Crippen molar-refractivity contribution < 1.29 is 0 Å². The summed E-state index contributed by atoms with van der Waals surface area (Å²) in [5.74, 6) is 0. The van der Waals surface area contributed by atoms with Crippen molar-refractivity contribution in [2.24, 2.45) is 4.99 Å². The molecule has 2 rings (SSSR count). The van der Waals surface area contributed by atoms with Gasteiger partial charge in [-0.2, -0.15) is 13.5 Å². The van der Waals surface area contributed by atoms with Crippen LogP contribution in [0.15, 0.2) is 29.3 Å². The molecular formula is C9H12N2S. The highest BCUT2D eigenvalue weighted by Gasteiger charge is 2.01. The van der Waals surface area contributed by atoms with Gasteiger partial charge in [0.05, 0.1) is 12.9 Å². The number of hydrogen-bond acceptors (Lipinski definition) is 2. The highest BCUT2D eigenvalue weighted by Crippen LogP contribution is 2.10. The van der Waals surface area contributed by atoms with Crippen LogP contribution in [0.3, 0.4) is 0 Å². The third-order valence-corrected chi connectivity index (χ3v) is 1.86. The maximum absolute atomic E-state index is 4.18. The van der Waals surface area contributed by atoms with Crippen LogP contribution in [0.25, 0.3) is 0 Å². The Hall–Kier alpha value is -0.960. The van der Waals surface area contributed by atoms with E-state index in [-0.39, 0.29) is 13.5 Å². The van der Waals surface area contributed by atoms with Gasteiger partial charge < -0.3 is 5.32 Å². The summed E-state index contributed by atoms with van der Waals surface area (Å²) in [4.78, 5) is 4.18. The Morgan fingerprint density at radius 1 is 1.17 bits per heavy atom. The maximum atomic E-state index is 4.18. The normalized spacial score (nSPS) is 13.7. The van der Waals surface area contributed by atoms with Crippen LogP contribution in [0.1, 0.15) is 11.1 Å². The second-order valence-electron chi connectivity index (χ2n) is 2.62. The fraction of sp³-hybridized carbons (Fsp3) is 0.222. The highest BCUT2D eigenvalue weighted by atomic mass is 32.1. The smallest absolute Gasteiger partial charge is 0.0830 e. The first-order valence-electron chi connectivity index (χ1n) is 3.75. The average Bonchev–Trinajstić information content (AvgIpc) is 2.28. The molecule has 1 N–H and O–H groups in total. The van der Waals surface area contributed by atoms with Crippen LogP contribution in [-0.2, 0) is 13.1 Å². The molecule has 0 aliphatic carbocycles. The lowest BCUT2D eigenvalue weighted by Gasteiger charge is -2.02. The van der Waals surface area contributed by atoms with Crippen molar-refractivity contribution in [2.75, 3.05) is 0 Å². The number of rotatable bonds is 0. The van der Waals surface area contributed by atoms with Gasteiger partial charge in [-0.25, -0.2) is 0 Å². The van der Waals surface area contributed by atoms with E-state index in [0.29, 0.717) is 0 Å². The van der Waals surface area contributed by atoms with Gasteiger partial charge in [0.2, 0.25) is 0 Å². The third kappa shape index (κ3) is 1.80. The molecule has 0 saturated heterocycles. The average molecular weight is 180 g/mol. The van der Waals surface area contributed by atoms with Crippen LogP contribution >= 0.6 is 13.5 Å². The minimum absolute atomic E-state index is 0. The minimum Gasteiger partial charge on any atom is -0.372 e.